The minimum absolute atomic E-state index is 0.397. The molecule has 0 saturated carbocycles. The van der Waals surface area contributed by atoms with Gasteiger partial charge in [-0.15, -0.1) is 0 Å². The van der Waals surface area contributed by atoms with Gasteiger partial charge in [-0.1, -0.05) is 0 Å². The lowest BCUT2D eigenvalue weighted by Crippen LogP contribution is -2.24. The molecule has 1 saturated heterocycles. The molecule has 2 N–H and O–H groups in total. The molecule has 1 heterocycles. The van der Waals surface area contributed by atoms with Crippen LogP contribution in [0.4, 0.5) is 0 Å². The monoisotopic (exact) mass is 158 g/mol. The Bertz CT molecular complexity index is 191. The Kier molecular flexibility index (Phi) is 1.97. The second-order valence-electron chi connectivity index (χ2n) is 2.59. The van der Waals surface area contributed by atoms with Crippen molar-refractivity contribution in [2.24, 2.45) is 0 Å². The molecular formula is C7H10O4. The van der Waals surface area contributed by atoms with E-state index in [1.165, 1.54) is 6.08 Å². The summed E-state index contributed by atoms with van der Waals surface area (Å²) in [5.74, 6) is -1.03. The molecule has 2 atom stereocenters. The van der Waals surface area contributed by atoms with Gasteiger partial charge in [0.15, 0.2) is 0 Å². The van der Waals surface area contributed by atoms with Crippen LogP contribution in [0.25, 0.3) is 0 Å². The number of ether oxygens (including phenoxy) is 1. The first-order chi connectivity index (χ1) is 5.07. The molecule has 4 nitrogen and oxygen atoms in total. The van der Waals surface area contributed by atoms with E-state index < -0.39 is 17.7 Å². The van der Waals surface area contributed by atoms with Gasteiger partial charge in [0.25, 0.3) is 0 Å². The van der Waals surface area contributed by atoms with Crippen molar-refractivity contribution in [3.05, 3.63) is 12.2 Å². The summed E-state index contributed by atoms with van der Waals surface area (Å²) in [6.45, 7) is 1.97. The van der Waals surface area contributed by atoms with Crippen molar-refractivity contribution in [2.75, 3.05) is 6.61 Å². The number of aliphatic carboxylic acids is 1. The van der Waals surface area contributed by atoms with E-state index in [-0.39, 0.29) is 0 Å². The number of carboxylic acid groups (broad SMARTS) is 1. The predicted octanol–water partition coefficient (Wildman–Crippen LogP) is -0.223. The van der Waals surface area contributed by atoms with Crippen molar-refractivity contribution in [2.45, 2.75) is 18.6 Å². The molecule has 0 aliphatic carbocycles. The van der Waals surface area contributed by atoms with E-state index >= 15 is 0 Å². The van der Waals surface area contributed by atoms with Gasteiger partial charge >= 0.3 is 5.97 Å². The highest BCUT2D eigenvalue weighted by molar-refractivity contribution is 5.80. The highest BCUT2D eigenvalue weighted by atomic mass is 16.6. The highest BCUT2D eigenvalue weighted by Gasteiger charge is 2.46. The van der Waals surface area contributed by atoms with Crippen LogP contribution in [0.2, 0.25) is 0 Å². The second-order valence-corrected chi connectivity index (χ2v) is 2.59. The zero-order chi connectivity index (χ0) is 8.48. The molecule has 1 aliphatic rings. The molecule has 1 aliphatic heterocycles. The van der Waals surface area contributed by atoms with Crippen LogP contribution in [0.5, 0.6) is 0 Å². The van der Waals surface area contributed by atoms with Gasteiger partial charge in [-0.05, 0) is 13.0 Å². The summed E-state index contributed by atoms with van der Waals surface area (Å²) in [6.07, 6.45) is 1.71. The van der Waals surface area contributed by atoms with Crippen LogP contribution in [0.1, 0.15) is 6.92 Å². The van der Waals surface area contributed by atoms with Gasteiger partial charge in [-0.25, -0.2) is 4.79 Å². The molecule has 0 aromatic heterocycles. The molecule has 1 fully saturated rings. The first-order valence-electron chi connectivity index (χ1n) is 3.31. The molecule has 62 valence electrons. The zero-order valence-corrected chi connectivity index (χ0v) is 6.15. The topological polar surface area (TPSA) is 70.1 Å². The number of aliphatic hydroxyl groups excluding tert-OH is 1. The van der Waals surface area contributed by atoms with Gasteiger partial charge in [0.1, 0.15) is 5.60 Å². The van der Waals surface area contributed by atoms with Crippen molar-refractivity contribution >= 4 is 5.97 Å². The Morgan fingerprint density at radius 1 is 1.82 bits per heavy atom. The molecule has 4 heteroatoms. The Labute approximate surface area is 64.1 Å². The average Bonchev–Trinajstić information content (AvgIpc) is 2.63. The molecule has 0 amide bonds. The average molecular weight is 158 g/mol. The van der Waals surface area contributed by atoms with E-state index in [9.17, 15) is 4.79 Å². The Morgan fingerprint density at radius 2 is 2.36 bits per heavy atom. The smallest absolute Gasteiger partial charge is 0.328 e. The maximum Gasteiger partial charge on any atom is 0.328 e. The summed E-state index contributed by atoms with van der Waals surface area (Å²) in [4.78, 5) is 10.1. The van der Waals surface area contributed by atoms with Gasteiger partial charge in [0.2, 0.25) is 0 Å². The van der Waals surface area contributed by atoms with Gasteiger partial charge in [-0.3, -0.25) is 0 Å². The molecular weight excluding hydrogens is 148 g/mol. The summed E-state index contributed by atoms with van der Waals surface area (Å²) < 4.78 is 4.91. The quantitative estimate of drug-likeness (QED) is 0.440. The molecule has 0 radical (unpaired) electrons. The van der Waals surface area contributed by atoms with Crippen LogP contribution in [0.3, 0.4) is 0 Å². The summed E-state index contributed by atoms with van der Waals surface area (Å²) in [7, 11) is 0. The first kappa shape index (κ1) is 8.23. The fourth-order valence-electron chi connectivity index (χ4n) is 0.772. The standard InChI is InChI=1S/C7H10O4/c1-5(8)7(4-11-7)3-2-6(9)10/h2-3,5,8H,4H2,1H3,(H,9,10)/b3-2+/t5-,7+/m1/s1. The largest absolute Gasteiger partial charge is 0.478 e. The van der Waals surface area contributed by atoms with Crippen molar-refractivity contribution in [1.29, 1.82) is 0 Å². The van der Waals surface area contributed by atoms with Crippen molar-refractivity contribution in [3.8, 4) is 0 Å². The third-order valence-corrected chi connectivity index (χ3v) is 1.69. The molecule has 0 bridgehead atoms. The fourth-order valence-corrected chi connectivity index (χ4v) is 0.772. The van der Waals surface area contributed by atoms with E-state index in [1.54, 1.807) is 6.92 Å². The Hall–Kier alpha value is -0.870. The number of hydrogen-bond donors (Lipinski definition) is 2. The van der Waals surface area contributed by atoms with Crippen LogP contribution in [0.15, 0.2) is 12.2 Å². The number of carboxylic acids is 1. The van der Waals surface area contributed by atoms with Crippen LogP contribution in [-0.4, -0.2) is 34.5 Å². The first-order valence-corrected chi connectivity index (χ1v) is 3.31. The Morgan fingerprint density at radius 3 is 2.64 bits per heavy atom. The summed E-state index contributed by atoms with van der Waals surface area (Å²) in [6, 6.07) is 0. The predicted molar refractivity (Wildman–Crippen MR) is 37.1 cm³/mol. The highest BCUT2D eigenvalue weighted by Crippen LogP contribution is 2.32. The maximum absolute atomic E-state index is 10.1. The summed E-state index contributed by atoms with van der Waals surface area (Å²) in [5, 5.41) is 17.3. The summed E-state index contributed by atoms with van der Waals surface area (Å²) in [5.41, 5.74) is -0.724. The third-order valence-electron chi connectivity index (χ3n) is 1.69. The summed E-state index contributed by atoms with van der Waals surface area (Å²) >= 11 is 0. The number of epoxide rings is 1. The van der Waals surface area contributed by atoms with E-state index in [4.69, 9.17) is 14.9 Å². The van der Waals surface area contributed by atoms with E-state index in [0.29, 0.717) is 6.61 Å². The lowest BCUT2D eigenvalue weighted by atomic mass is 10.1. The van der Waals surface area contributed by atoms with Crippen molar-refractivity contribution in [1.82, 2.24) is 0 Å². The molecule has 11 heavy (non-hydrogen) atoms. The normalized spacial score (nSPS) is 32.2. The van der Waals surface area contributed by atoms with Crippen molar-refractivity contribution in [3.63, 3.8) is 0 Å². The van der Waals surface area contributed by atoms with Gasteiger partial charge in [-0.2, -0.15) is 0 Å². The number of carbonyl (C=O) groups is 1. The number of aliphatic hydroxyl groups is 1. The minimum atomic E-state index is -1.03. The fraction of sp³-hybridized carbons (Fsp3) is 0.571. The van der Waals surface area contributed by atoms with Crippen molar-refractivity contribution < 1.29 is 19.7 Å². The molecule has 0 aromatic rings. The van der Waals surface area contributed by atoms with Gasteiger partial charge < -0.3 is 14.9 Å². The molecule has 0 unspecified atom stereocenters. The lowest BCUT2D eigenvalue weighted by Gasteiger charge is -2.08. The van der Waals surface area contributed by atoms with E-state index in [0.717, 1.165) is 6.08 Å². The van der Waals surface area contributed by atoms with Crippen LogP contribution in [-0.2, 0) is 9.53 Å². The zero-order valence-electron chi connectivity index (χ0n) is 6.15. The van der Waals surface area contributed by atoms with E-state index in [1.807, 2.05) is 0 Å². The maximum atomic E-state index is 10.1. The van der Waals surface area contributed by atoms with Gasteiger partial charge in [0.05, 0.1) is 12.7 Å². The Balaban J connectivity index is 2.54. The number of rotatable bonds is 3. The van der Waals surface area contributed by atoms with Gasteiger partial charge in [0, 0.05) is 6.08 Å². The van der Waals surface area contributed by atoms with Crippen LogP contribution >= 0.6 is 0 Å². The second kappa shape index (κ2) is 2.64. The van der Waals surface area contributed by atoms with Crippen LogP contribution in [0, 0.1) is 0 Å². The van der Waals surface area contributed by atoms with Crippen LogP contribution < -0.4 is 0 Å². The molecule has 0 spiro atoms. The number of hydrogen-bond acceptors (Lipinski definition) is 3. The lowest BCUT2D eigenvalue weighted by molar-refractivity contribution is -0.131. The minimum Gasteiger partial charge on any atom is -0.478 e. The van der Waals surface area contributed by atoms with E-state index in [2.05, 4.69) is 0 Å². The SMILES string of the molecule is C[C@@H](O)[C@]1(/C=C/C(=O)O)CO1. The third kappa shape index (κ3) is 1.78. The molecule has 0 aromatic carbocycles. The molecule has 1 rings (SSSR count).